The van der Waals surface area contributed by atoms with Crippen molar-refractivity contribution in [3.63, 3.8) is 0 Å². The summed E-state index contributed by atoms with van der Waals surface area (Å²) < 4.78 is 2.03. The number of piperidine rings is 1. The number of aromatic nitrogens is 4. The van der Waals surface area contributed by atoms with E-state index in [0.717, 1.165) is 47.4 Å². The lowest BCUT2D eigenvalue weighted by Gasteiger charge is -2.28. The molecule has 1 fully saturated rings. The molecule has 2 aromatic carbocycles. The van der Waals surface area contributed by atoms with E-state index in [1.165, 1.54) is 30.4 Å². The predicted octanol–water partition coefficient (Wildman–Crippen LogP) is 5.48. The molecule has 7 nitrogen and oxygen atoms in total. The zero-order chi connectivity index (χ0) is 22.9. The van der Waals surface area contributed by atoms with Crippen molar-refractivity contribution in [2.45, 2.75) is 33.1 Å². The Morgan fingerprint density at radius 2 is 1.61 bits per heavy atom. The lowest BCUT2D eigenvalue weighted by Crippen LogP contribution is -2.31. The van der Waals surface area contributed by atoms with Crippen LogP contribution in [0, 0.1) is 13.8 Å². The summed E-state index contributed by atoms with van der Waals surface area (Å²) in [6.07, 6.45) is 3.62. The number of rotatable bonds is 5. The minimum atomic E-state index is 0.679. The van der Waals surface area contributed by atoms with Gasteiger partial charge in [-0.25, -0.2) is 4.98 Å². The summed E-state index contributed by atoms with van der Waals surface area (Å²) in [6, 6.07) is 16.7. The fourth-order valence-electron chi connectivity index (χ4n) is 4.43. The van der Waals surface area contributed by atoms with Gasteiger partial charge in [-0.05, 0) is 68.5 Å². The second-order valence-corrected chi connectivity index (χ2v) is 8.95. The number of nitrogens with zero attached hydrogens (tertiary/aromatic N) is 6. The molecule has 0 saturated carbocycles. The molecule has 1 aliphatic heterocycles. The van der Waals surface area contributed by atoms with E-state index in [1.54, 1.807) is 0 Å². The molecule has 2 aromatic heterocycles. The molecule has 0 unspecified atom stereocenters. The third-order valence-corrected chi connectivity index (χ3v) is 6.31. The van der Waals surface area contributed by atoms with E-state index < -0.39 is 0 Å². The Bertz CT molecular complexity index is 1290. The van der Waals surface area contributed by atoms with Crippen molar-refractivity contribution >= 4 is 40.3 Å². The predicted molar refractivity (Wildman–Crippen MR) is 136 cm³/mol. The van der Waals surface area contributed by atoms with Crippen LogP contribution in [-0.4, -0.2) is 39.7 Å². The van der Waals surface area contributed by atoms with Gasteiger partial charge in [-0.1, -0.05) is 24.3 Å². The molecule has 7 heteroatoms. The Morgan fingerprint density at radius 1 is 0.879 bits per heavy atom. The monoisotopic (exact) mass is 441 g/mol. The van der Waals surface area contributed by atoms with Crippen molar-refractivity contribution in [1.82, 2.24) is 19.5 Å². The van der Waals surface area contributed by atoms with E-state index in [1.807, 2.05) is 24.7 Å². The molecule has 3 heterocycles. The zero-order valence-corrected chi connectivity index (χ0v) is 19.8. The first kappa shape index (κ1) is 21.2. The molecule has 33 heavy (non-hydrogen) atoms. The molecule has 0 aliphatic carbocycles. The van der Waals surface area contributed by atoms with Crippen LogP contribution in [-0.2, 0) is 7.05 Å². The van der Waals surface area contributed by atoms with Crippen molar-refractivity contribution in [3.05, 3.63) is 59.7 Å². The van der Waals surface area contributed by atoms with Crippen LogP contribution in [0.15, 0.2) is 48.5 Å². The molecule has 0 amide bonds. The maximum atomic E-state index is 5.04. The Hall–Kier alpha value is -3.61. The van der Waals surface area contributed by atoms with Crippen LogP contribution in [0.1, 0.15) is 30.4 Å². The van der Waals surface area contributed by atoms with Crippen molar-refractivity contribution in [3.8, 4) is 0 Å². The van der Waals surface area contributed by atoms with E-state index in [4.69, 9.17) is 15.0 Å². The zero-order valence-electron chi connectivity index (χ0n) is 19.8. The molecule has 0 radical (unpaired) electrons. The van der Waals surface area contributed by atoms with E-state index >= 15 is 0 Å². The highest BCUT2D eigenvalue weighted by Crippen LogP contribution is 2.32. The summed E-state index contributed by atoms with van der Waals surface area (Å²) in [6.45, 7) is 6.19. The summed E-state index contributed by atoms with van der Waals surface area (Å²) in [5.41, 5.74) is 6.17. The summed E-state index contributed by atoms with van der Waals surface area (Å²) >= 11 is 0. The van der Waals surface area contributed by atoms with Gasteiger partial charge < -0.3 is 15.1 Å². The Balaban J connectivity index is 1.62. The number of imidazole rings is 1. The maximum Gasteiger partial charge on any atom is 0.233 e. The van der Waals surface area contributed by atoms with Crippen LogP contribution >= 0.6 is 0 Å². The molecule has 4 aromatic rings. The maximum absolute atomic E-state index is 5.04. The van der Waals surface area contributed by atoms with E-state index in [2.05, 4.69) is 71.4 Å². The number of hydrogen-bond donors (Lipinski definition) is 1. The average Bonchev–Trinajstić information content (AvgIpc) is 3.13. The minimum Gasteiger partial charge on any atom is -0.355 e. The number of benzene rings is 2. The second kappa shape index (κ2) is 8.73. The molecule has 1 aliphatic rings. The van der Waals surface area contributed by atoms with Gasteiger partial charge in [0.2, 0.25) is 11.9 Å². The van der Waals surface area contributed by atoms with Crippen LogP contribution in [0.2, 0.25) is 0 Å². The lowest BCUT2D eigenvalue weighted by molar-refractivity contribution is 0.574. The Labute approximate surface area is 195 Å². The number of hydrogen-bond acceptors (Lipinski definition) is 6. The largest absolute Gasteiger partial charge is 0.355 e. The van der Waals surface area contributed by atoms with Crippen LogP contribution in [0.4, 0.5) is 29.1 Å². The molecule has 0 bridgehead atoms. The number of anilines is 5. The number of aryl methyl sites for hydroxylation is 3. The van der Waals surface area contributed by atoms with Gasteiger partial charge in [0, 0.05) is 38.6 Å². The van der Waals surface area contributed by atoms with Crippen LogP contribution in [0.25, 0.3) is 11.2 Å². The topological polar surface area (TPSA) is 62.1 Å². The first-order valence-corrected chi connectivity index (χ1v) is 11.6. The Morgan fingerprint density at radius 3 is 2.33 bits per heavy atom. The molecular formula is C26H31N7. The smallest absolute Gasteiger partial charge is 0.233 e. The third-order valence-electron chi connectivity index (χ3n) is 6.31. The van der Waals surface area contributed by atoms with Gasteiger partial charge >= 0.3 is 0 Å². The normalized spacial score (nSPS) is 14.0. The van der Waals surface area contributed by atoms with Gasteiger partial charge in [0.15, 0.2) is 17.0 Å². The van der Waals surface area contributed by atoms with Gasteiger partial charge in [-0.2, -0.15) is 9.97 Å². The van der Waals surface area contributed by atoms with Gasteiger partial charge in [-0.3, -0.25) is 4.57 Å². The fourth-order valence-corrected chi connectivity index (χ4v) is 4.43. The van der Waals surface area contributed by atoms with E-state index in [-0.39, 0.29) is 0 Å². The summed E-state index contributed by atoms with van der Waals surface area (Å²) in [5, 5.41) is 3.47. The van der Waals surface area contributed by atoms with Crippen LogP contribution < -0.4 is 15.1 Å². The number of nitrogens with one attached hydrogen (secondary N) is 1. The van der Waals surface area contributed by atoms with Gasteiger partial charge in [0.05, 0.1) is 0 Å². The fraction of sp³-hybridized carbons (Fsp3) is 0.346. The molecule has 0 spiro atoms. The Kier molecular flexibility index (Phi) is 5.62. The summed E-state index contributed by atoms with van der Waals surface area (Å²) in [7, 11) is 4.04. The average molecular weight is 442 g/mol. The third kappa shape index (κ3) is 4.23. The minimum absolute atomic E-state index is 0.679. The lowest BCUT2D eigenvalue weighted by atomic mass is 10.1. The van der Waals surface area contributed by atoms with Crippen molar-refractivity contribution in [2.75, 3.05) is 35.3 Å². The SMILES string of the molecule is Cc1cccc(Nc2nc3c(N4CCCCC4)nc(N(C)c4cccc(C)c4)nc3n2C)c1. The van der Waals surface area contributed by atoms with Crippen LogP contribution in [0.5, 0.6) is 0 Å². The first-order valence-electron chi connectivity index (χ1n) is 11.6. The molecule has 5 rings (SSSR count). The highest BCUT2D eigenvalue weighted by Gasteiger charge is 2.23. The summed E-state index contributed by atoms with van der Waals surface area (Å²) in [5.74, 6) is 2.36. The van der Waals surface area contributed by atoms with Crippen molar-refractivity contribution < 1.29 is 0 Å². The van der Waals surface area contributed by atoms with Gasteiger partial charge in [0.25, 0.3) is 0 Å². The van der Waals surface area contributed by atoms with E-state index in [9.17, 15) is 0 Å². The molecular weight excluding hydrogens is 410 g/mol. The molecule has 0 atom stereocenters. The molecule has 1 N–H and O–H groups in total. The van der Waals surface area contributed by atoms with Crippen molar-refractivity contribution in [1.29, 1.82) is 0 Å². The number of fused-ring (bicyclic) bond motifs is 1. The van der Waals surface area contributed by atoms with Crippen molar-refractivity contribution in [2.24, 2.45) is 7.05 Å². The molecule has 170 valence electrons. The highest BCUT2D eigenvalue weighted by atomic mass is 15.3. The van der Waals surface area contributed by atoms with Gasteiger partial charge in [0.1, 0.15) is 0 Å². The second-order valence-electron chi connectivity index (χ2n) is 8.95. The quantitative estimate of drug-likeness (QED) is 0.442. The molecule has 1 saturated heterocycles. The van der Waals surface area contributed by atoms with Gasteiger partial charge in [-0.15, -0.1) is 0 Å². The standard InChI is InChI=1S/C26H31N7/c1-18-10-8-12-20(16-18)27-25-28-22-23(32(25)4)29-26(30-24(22)33-14-6-5-7-15-33)31(3)21-13-9-11-19(2)17-21/h8-13,16-17H,5-7,14-15H2,1-4H3,(H,27,28). The van der Waals surface area contributed by atoms with E-state index in [0.29, 0.717) is 5.95 Å². The summed E-state index contributed by atoms with van der Waals surface area (Å²) in [4.78, 5) is 19.4. The first-order chi connectivity index (χ1) is 16.0. The van der Waals surface area contributed by atoms with Crippen LogP contribution in [0.3, 0.4) is 0 Å². The highest BCUT2D eigenvalue weighted by molar-refractivity contribution is 5.88.